The van der Waals surface area contributed by atoms with Crippen molar-refractivity contribution in [1.82, 2.24) is 4.90 Å². The van der Waals surface area contributed by atoms with Gasteiger partial charge in [0.2, 0.25) is 11.8 Å². The number of nitrogens with zero attached hydrogens (tertiary/aromatic N) is 1. The molecule has 0 aromatic rings. The Morgan fingerprint density at radius 2 is 1.67 bits per heavy atom. The molecule has 1 fully saturated rings. The van der Waals surface area contributed by atoms with Crippen molar-refractivity contribution in [2.45, 2.75) is 45.6 Å². The lowest BCUT2D eigenvalue weighted by atomic mass is 10.1. The van der Waals surface area contributed by atoms with Crippen molar-refractivity contribution in [3.63, 3.8) is 0 Å². The van der Waals surface area contributed by atoms with Gasteiger partial charge >= 0.3 is 6.09 Å². The first kappa shape index (κ1) is 11.7. The standard InChI is InChI=1S/C10H15NO4/c1-10(2,3)15-9(14)11-7(12)5-4-6-8(11)13/h4-6H2,1-3H3. The Labute approximate surface area is 88.4 Å². The predicted octanol–water partition coefficient (Wildman–Crippen LogP) is 1.46. The van der Waals surface area contributed by atoms with Crippen molar-refractivity contribution >= 4 is 17.9 Å². The first-order chi connectivity index (χ1) is 6.81. The van der Waals surface area contributed by atoms with Crippen molar-refractivity contribution in [3.8, 4) is 0 Å². The Kier molecular flexibility index (Phi) is 3.12. The molecule has 1 saturated heterocycles. The number of rotatable bonds is 0. The molecule has 1 aliphatic heterocycles. The molecule has 0 saturated carbocycles. The first-order valence-corrected chi connectivity index (χ1v) is 4.90. The van der Waals surface area contributed by atoms with Gasteiger partial charge in [-0.25, -0.2) is 4.79 Å². The SMILES string of the molecule is CC(C)(C)OC(=O)N1C(=O)CCCC1=O. The molecule has 5 nitrogen and oxygen atoms in total. The van der Waals surface area contributed by atoms with Crippen molar-refractivity contribution in [2.24, 2.45) is 0 Å². The second-order valence-electron chi connectivity index (χ2n) is 4.46. The fourth-order valence-corrected chi connectivity index (χ4v) is 1.26. The molecule has 0 unspecified atom stereocenters. The fraction of sp³-hybridized carbons (Fsp3) is 0.700. The minimum absolute atomic E-state index is 0.227. The van der Waals surface area contributed by atoms with E-state index in [2.05, 4.69) is 0 Å². The Balaban J connectivity index is 2.72. The minimum Gasteiger partial charge on any atom is -0.443 e. The van der Waals surface area contributed by atoms with Gasteiger partial charge in [-0.1, -0.05) is 0 Å². The highest BCUT2D eigenvalue weighted by Gasteiger charge is 2.34. The van der Waals surface area contributed by atoms with E-state index < -0.39 is 23.5 Å². The van der Waals surface area contributed by atoms with Crippen LogP contribution in [-0.2, 0) is 14.3 Å². The summed E-state index contributed by atoms with van der Waals surface area (Å²) >= 11 is 0. The zero-order valence-electron chi connectivity index (χ0n) is 9.20. The van der Waals surface area contributed by atoms with Gasteiger partial charge in [-0.3, -0.25) is 9.59 Å². The van der Waals surface area contributed by atoms with Crippen LogP contribution in [0.2, 0.25) is 0 Å². The first-order valence-electron chi connectivity index (χ1n) is 4.90. The van der Waals surface area contributed by atoms with E-state index in [0.29, 0.717) is 11.3 Å². The number of hydrogen-bond donors (Lipinski definition) is 0. The molecule has 0 spiro atoms. The second-order valence-corrected chi connectivity index (χ2v) is 4.46. The molecule has 0 atom stereocenters. The van der Waals surface area contributed by atoms with Crippen LogP contribution in [0.1, 0.15) is 40.0 Å². The van der Waals surface area contributed by atoms with E-state index >= 15 is 0 Å². The van der Waals surface area contributed by atoms with Crippen LogP contribution < -0.4 is 0 Å². The summed E-state index contributed by atoms with van der Waals surface area (Å²) in [5.41, 5.74) is -0.699. The molecule has 15 heavy (non-hydrogen) atoms. The van der Waals surface area contributed by atoms with E-state index in [0.717, 1.165) is 0 Å². The van der Waals surface area contributed by atoms with Crippen LogP contribution in [0.3, 0.4) is 0 Å². The fourth-order valence-electron chi connectivity index (χ4n) is 1.26. The average molecular weight is 213 g/mol. The summed E-state index contributed by atoms with van der Waals surface area (Å²) in [7, 11) is 0. The highest BCUT2D eigenvalue weighted by atomic mass is 16.6. The number of imide groups is 3. The Bertz CT molecular complexity index is 287. The highest BCUT2D eigenvalue weighted by Crippen LogP contribution is 2.16. The molecular formula is C10H15NO4. The summed E-state index contributed by atoms with van der Waals surface area (Å²) in [5.74, 6) is -0.944. The van der Waals surface area contributed by atoms with Gasteiger partial charge in [-0.15, -0.1) is 0 Å². The molecule has 84 valence electrons. The van der Waals surface area contributed by atoms with Crippen LogP contribution in [0, 0.1) is 0 Å². The molecule has 0 radical (unpaired) electrons. The zero-order valence-corrected chi connectivity index (χ0v) is 9.20. The van der Waals surface area contributed by atoms with Gasteiger partial charge in [-0.2, -0.15) is 4.90 Å². The maximum absolute atomic E-state index is 11.5. The van der Waals surface area contributed by atoms with Crippen molar-refractivity contribution in [3.05, 3.63) is 0 Å². The summed E-state index contributed by atoms with van der Waals surface area (Å²) < 4.78 is 4.96. The number of piperidine rings is 1. The highest BCUT2D eigenvalue weighted by molar-refractivity contribution is 6.10. The number of likely N-dealkylation sites (tertiary alicyclic amines) is 1. The summed E-state index contributed by atoms with van der Waals surface area (Å²) in [6, 6.07) is 0. The van der Waals surface area contributed by atoms with E-state index in [4.69, 9.17) is 4.74 Å². The van der Waals surface area contributed by atoms with Crippen LogP contribution in [0.4, 0.5) is 4.79 Å². The van der Waals surface area contributed by atoms with Crippen molar-refractivity contribution < 1.29 is 19.1 Å². The van der Waals surface area contributed by atoms with Gasteiger partial charge in [0.15, 0.2) is 0 Å². The van der Waals surface area contributed by atoms with E-state index in [1.807, 2.05) is 0 Å². The summed E-state index contributed by atoms with van der Waals surface area (Å²) in [4.78, 5) is 34.8. The monoisotopic (exact) mass is 213 g/mol. The quantitative estimate of drug-likeness (QED) is 0.571. The molecule has 0 aromatic carbocycles. The van der Waals surface area contributed by atoms with Crippen molar-refractivity contribution in [2.75, 3.05) is 0 Å². The zero-order chi connectivity index (χ0) is 11.6. The van der Waals surface area contributed by atoms with Gasteiger partial charge in [0.1, 0.15) is 5.60 Å². The number of carbonyl (C=O) groups is 3. The van der Waals surface area contributed by atoms with Gasteiger partial charge in [0, 0.05) is 12.8 Å². The third-order valence-electron chi connectivity index (χ3n) is 1.86. The summed E-state index contributed by atoms with van der Waals surface area (Å²) in [6.07, 6.45) is 0.102. The van der Waals surface area contributed by atoms with E-state index in [1.54, 1.807) is 20.8 Å². The van der Waals surface area contributed by atoms with Gasteiger partial charge in [0.05, 0.1) is 0 Å². The van der Waals surface area contributed by atoms with Gasteiger partial charge in [0.25, 0.3) is 0 Å². The number of ether oxygens (including phenoxy) is 1. The molecule has 5 heteroatoms. The van der Waals surface area contributed by atoms with Gasteiger partial charge < -0.3 is 4.74 Å². The van der Waals surface area contributed by atoms with E-state index in [9.17, 15) is 14.4 Å². The van der Waals surface area contributed by atoms with Crippen LogP contribution in [-0.4, -0.2) is 28.4 Å². The number of hydrogen-bond acceptors (Lipinski definition) is 4. The molecule has 3 amide bonds. The molecule has 1 aliphatic rings. The summed E-state index contributed by atoms with van der Waals surface area (Å²) in [5, 5.41) is 0. The maximum atomic E-state index is 11.5. The Hall–Kier alpha value is -1.39. The average Bonchev–Trinajstić information content (AvgIpc) is 1.99. The molecule has 0 aliphatic carbocycles. The molecule has 0 N–H and O–H groups in total. The van der Waals surface area contributed by atoms with Gasteiger partial charge in [-0.05, 0) is 27.2 Å². The number of carbonyl (C=O) groups excluding carboxylic acids is 3. The molecule has 0 aromatic heterocycles. The lowest BCUT2D eigenvalue weighted by Crippen LogP contribution is -2.46. The van der Waals surface area contributed by atoms with E-state index in [1.165, 1.54) is 0 Å². The summed E-state index contributed by atoms with van der Waals surface area (Å²) in [6.45, 7) is 5.05. The molecule has 1 rings (SSSR count). The van der Waals surface area contributed by atoms with Crippen LogP contribution >= 0.6 is 0 Å². The lowest BCUT2D eigenvalue weighted by Gasteiger charge is -2.26. The molecule has 1 heterocycles. The smallest absolute Gasteiger partial charge is 0.424 e. The van der Waals surface area contributed by atoms with E-state index in [-0.39, 0.29) is 12.8 Å². The molecule has 0 bridgehead atoms. The normalized spacial score (nSPS) is 17.9. The minimum atomic E-state index is -0.864. The maximum Gasteiger partial charge on any atom is 0.424 e. The Morgan fingerprint density at radius 1 is 1.20 bits per heavy atom. The predicted molar refractivity (Wildman–Crippen MR) is 51.9 cm³/mol. The Morgan fingerprint density at radius 3 is 2.07 bits per heavy atom. The third-order valence-corrected chi connectivity index (χ3v) is 1.86. The van der Waals surface area contributed by atoms with Crippen LogP contribution in [0.25, 0.3) is 0 Å². The lowest BCUT2D eigenvalue weighted by molar-refractivity contribution is -0.146. The van der Waals surface area contributed by atoms with Crippen molar-refractivity contribution in [1.29, 1.82) is 0 Å². The topological polar surface area (TPSA) is 63.7 Å². The molecular weight excluding hydrogens is 198 g/mol. The second kappa shape index (κ2) is 4.00. The van der Waals surface area contributed by atoms with Crippen LogP contribution in [0.5, 0.6) is 0 Å². The largest absolute Gasteiger partial charge is 0.443 e. The van der Waals surface area contributed by atoms with Crippen LogP contribution in [0.15, 0.2) is 0 Å². The number of amides is 3. The third kappa shape index (κ3) is 3.04.